The second-order valence-corrected chi connectivity index (χ2v) is 7.48. The monoisotopic (exact) mass is 365 g/mol. The molecule has 1 aliphatic carbocycles. The number of nitrogens with two attached hydrogens (primary N) is 1. The van der Waals surface area contributed by atoms with E-state index in [9.17, 15) is 0 Å². The molecule has 0 saturated heterocycles. The number of hydrogen-bond donors (Lipinski definition) is 1. The lowest BCUT2D eigenvalue weighted by Crippen LogP contribution is -2.37. The average Bonchev–Trinajstić information content (AvgIpc) is 3.28. The Morgan fingerprint density at radius 2 is 1.43 bits per heavy atom. The van der Waals surface area contributed by atoms with Crippen molar-refractivity contribution in [1.29, 1.82) is 0 Å². The van der Waals surface area contributed by atoms with Crippen LogP contribution in [0.25, 0.3) is 0 Å². The second-order valence-electron chi connectivity index (χ2n) is 7.48. The summed E-state index contributed by atoms with van der Waals surface area (Å²) in [4.78, 5) is 7.22. The minimum atomic E-state index is -0.690. The topological polar surface area (TPSA) is 41.6 Å². The number of benzene rings is 3. The van der Waals surface area contributed by atoms with Crippen molar-refractivity contribution in [3.63, 3.8) is 0 Å². The van der Waals surface area contributed by atoms with Gasteiger partial charge in [0.1, 0.15) is 0 Å². The van der Waals surface area contributed by atoms with E-state index in [2.05, 4.69) is 60.0 Å². The number of guanidine groups is 1. The Morgan fingerprint density at radius 1 is 0.857 bits per heavy atom. The van der Waals surface area contributed by atoms with Gasteiger partial charge in [0.2, 0.25) is 0 Å². The summed E-state index contributed by atoms with van der Waals surface area (Å²) in [5.74, 6) is 0.541. The minimum Gasteiger partial charge on any atom is -0.369 e. The quantitative estimate of drug-likeness (QED) is 0.727. The van der Waals surface area contributed by atoms with Gasteiger partial charge >= 0.3 is 0 Å². The molecule has 0 bridgehead atoms. The van der Waals surface area contributed by atoms with Crippen molar-refractivity contribution in [1.82, 2.24) is 4.90 Å². The molecule has 2 aliphatic rings. The summed E-state index contributed by atoms with van der Waals surface area (Å²) in [6, 6.07) is 29.5. The summed E-state index contributed by atoms with van der Waals surface area (Å²) in [6.07, 6.45) is 2.08. The lowest BCUT2D eigenvalue weighted by Gasteiger charge is -2.34. The first kappa shape index (κ1) is 16.8. The molecule has 1 aliphatic heterocycles. The highest BCUT2D eigenvalue weighted by atomic mass is 15.4. The smallest absolute Gasteiger partial charge is 0.197 e. The predicted octanol–water partition coefficient (Wildman–Crippen LogP) is 4.76. The van der Waals surface area contributed by atoms with E-state index >= 15 is 0 Å². The van der Waals surface area contributed by atoms with Crippen molar-refractivity contribution in [2.24, 2.45) is 10.7 Å². The van der Waals surface area contributed by atoms with Crippen molar-refractivity contribution in [2.75, 3.05) is 0 Å². The number of aryl methyl sites for hydroxylation is 1. The van der Waals surface area contributed by atoms with E-state index in [0.29, 0.717) is 5.96 Å². The molecule has 3 nitrogen and oxygen atoms in total. The molecular weight excluding hydrogens is 342 g/mol. The highest BCUT2D eigenvalue weighted by Crippen LogP contribution is 2.49. The standard InChI is InChI=1S/C25H23N3/c1-18-25(20-11-4-2-5-12-20,21-13-6-3-7-14-21)27-24(26)28(18)23-17-16-19-10-8-9-15-22(19)23/h2-15,23H,1,16-17H2,(H2,26,27). The third-order valence-corrected chi connectivity index (χ3v) is 6.03. The van der Waals surface area contributed by atoms with Gasteiger partial charge in [-0.2, -0.15) is 0 Å². The van der Waals surface area contributed by atoms with Crippen molar-refractivity contribution < 1.29 is 0 Å². The summed E-state index contributed by atoms with van der Waals surface area (Å²) in [6.45, 7) is 4.54. The van der Waals surface area contributed by atoms with Gasteiger partial charge in [-0.25, -0.2) is 4.99 Å². The number of aliphatic imine (C=N–C) groups is 1. The maximum atomic E-state index is 6.57. The molecule has 1 atom stereocenters. The summed E-state index contributed by atoms with van der Waals surface area (Å²) >= 11 is 0. The molecule has 138 valence electrons. The number of rotatable bonds is 3. The largest absolute Gasteiger partial charge is 0.369 e. The van der Waals surface area contributed by atoms with E-state index in [4.69, 9.17) is 10.7 Å². The molecule has 1 unspecified atom stereocenters. The summed E-state index contributed by atoms with van der Waals surface area (Å²) in [5.41, 5.74) is 11.7. The van der Waals surface area contributed by atoms with E-state index in [1.165, 1.54) is 11.1 Å². The van der Waals surface area contributed by atoms with E-state index in [1.54, 1.807) is 0 Å². The zero-order chi connectivity index (χ0) is 19.1. The van der Waals surface area contributed by atoms with E-state index in [-0.39, 0.29) is 6.04 Å². The Balaban J connectivity index is 1.66. The Hall–Kier alpha value is -3.33. The molecule has 0 saturated carbocycles. The zero-order valence-electron chi connectivity index (χ0n) is 15.8. The first-order valence-electron chi connectivity index (χ1n) is 9.74. The van der Waals surface area contributed by atoms with Crippen LogP contribution in [0.4, 0.5) is 0 Å². The van der Waals surface area contributed by atoms with E-state index < -0.39 is 5.54 Å². The van der Waals surface area contributed by atoms with Crippen LogP contribution in [-0.4, -0.2) is 10.9 Å². The number of hydrogen-bond acceptors (Lipinski definition) is 3. The zero-order valence-corrected chi connectivity index (χ0v) is 15.8. The Bertz CT molecular complexity index is 1010. The molecule has 0 radical (unpaired) electrons. The molecule has 0 spiro atoms. The fraction of sp³-hybridized carbons (Fsp3) is 0.160. The van der Waals surface area contributed by atoms with Crippen molar-refractivity contribution in [2.45, 2.75) is 24.4 Å². The lowest BCUT2D eigenvalue weighted by atomic mass is 9.81. The van der Waals surface area contributed by atoms with Crippen molar-refractivity contribution in [3.05, 3.63) is 119 Å². The number of nitrogens with zero attached hydrogens (tertiary/aromatic N) is 2. The second kappa shape index (κ2) is 6.38. The van der Waals surface area contributed by atoms with Crippen LogP contribution in [0.1, 0.15) is 34.7 Å². The van der Waals surface area contributed by atoms with Crippen LogP contribution in [0.15, 0.2) is 102 Å². The number of fused-ring (bicyclic) bond motifs is 1. The van der Waals surface area contributed by atoms with Crippen LogP contribution in [-0.2, 0) is 12.0 Å². The maximum Gasteiger partial charge on any atom is 0.197 e. The van der Waals surface area contributed by atoms with Gasteiger partial charge in [0, 0.05) is 0 Å². The van der Waals surface area contributed by atoms with Crippen LogP contribution < -0.4 is 5.73 Å². The highest BCUT2D eigenvalue weighted by Gasteiger charge is 2.48. The van der Waals surface area contributed by atoms with Crippen LogP contribution in [0, 0.1) is 0 Å². The van der Waals surface area contributed by atoms with Gasteiger partial charge in [-0.1, -0.05) is 91.5 Å². The molecule has 2 N–H and O–H groups in total. The van der Waals surface area contributed by atoms with Crippen LogP contribution in [0.2, 0.25) is 0 Å². The molecular formula is C25H23N3. The minimum absolute atomic E-state index is 0.182. The maximum absolute atomic E-state index is 6.57. The SMILES string of the molecule is C=C1N(C2CCc3ccccc32)C(N)=NC1(c1ccccc1)c1ccccc1. The van der Waals surface area contributed by atoms with Crippen LogP contribution in [0.3, 0.4) is 0 Å². The highest BCUT2D eigenvalue weighted by molar-refractivity contribution is 5.86. The first-order chi connectivity index (χ1) is 13.7. The molecule has 0 fully saturated rings. The molecule has 28 heavy (non-hydrogen) atoms. The Morgan fingerprint density at radius 3 is 2.07 bits per heavy atom. The van der Waals surface area contributed by atoms with E-state index in [0.717, 1.165) is 29.7 Å². The molecule has 0 amide bonds. The van der Waals surface area contributed by atoms with Crippen LogP contribution in [0.5, 0.6) is 0 Å². The molecule has 5 rings (SSSR count). The van der Waals surface area contributed by atoms with E-state index in [1.807, 2.05) is 36.4 Å². The lowest BCUT2D eigenvalue weighted by molar-refractivity contribution is 0.364. The van der Waals surface area contributed by atoms with Gasteiger partial charge in [-0.05, 0) is 35.1 Å². The first-order valence-corrected chi connectivity index (χ1v) is 9.74. The third kappa shape index (κ3) is 2.32. The van der Waals surface area contributed by atoms with Gasteiger partial charge in [-0.15, -0.1) is 0 Å². The van der Waals surface area contributed by atoms with Gasteiger partial charge in [0.15, 0.2) is 11.5 Å². The van der Waals surface area contributed by atoms with Gasteiger partial charge in [-0.3, -0.25) is 0 Å². The molecule has 3 aromatic carbocycles. The molecule has 3 aromatic rings. The fourth-order valence-corrected chi connectivity index (χ4v) is 4.74. The Kier molecular flexibility index (Phi) is 3.83. The third-order valence-electron chi connectivity index (χ3n) is 6.03. The summed E-state index contributed by atoms with van der Waals surface area (Å²) in [5, 5.41) is 0. The predicted molar refractivity (Wildman–Crippen MR) is 114 cm³/mol. The van der Waals surface area contributed by atoms with Gasteiger partial charge in [0.05, 0.1) is 11.7 Å². The fourth-order valence-electron chi connectivity index (χ4n) is 4.74. The normalized spacial score (nSPS) is 20.1. The summed E-state index contributed by atoms with van der Waals surface area (Å²) in [7, 11) is 0. The van der Waals surface area contributed by atoms with Gasteiger partial charge in [0.25, 0.3) is 0 Å². The molecule has 3 heteroatoms. The summed E-state index contributed by atoms with van der Waals surface area (Å²) < 4.78 is 0. The Labute approximate surface area is 165 Å². The van der Waals surface area contributed by atoms with Crippen molar-refractivity contribution in [3.8, 4) is 0 Å². The van der Waals surface area contributed by atoms with Gasteiger partial charge < -0.3 is 10.6 Å². The van der Waals surface area contributed by atoms with Crippen LogP contribution >= 0.6 is 0 Å². The van der Waals surface area contributed by atoms with Crippen molar-refractivity contribution >= 4 is 5.96 Å². The molecule has 1 heterocycles. The molecule has 0 aromatic heterocycles. The average molecular weight is 365 g/mol.